The number of nitrogens with one attached hydrogen (secondary N) is 1. The Morgan fingerprint density at radius 1 is 1.15 bits per heavy atom. The van der Waals surface area contributed by atoms with Crippen LogP contribution in [0.1, 0.15) is 22.8 Å². The predicted octanol–water partition coefficient (Wildman–Crippen LogP) is 2.19. The molecule has 0 unspecified atom stereocenters. The van der Waals surface area contributed by atoms with Crippen LogP contribution in [0.3, 0.4) is 0 Å². The molecule has 0 spiro atoms. The normalized spacial score (nSPS) is 14.4. The molecule has 1 aliphatic heterocycles. The number of rotatable bonds is 5. The van der Waals surface area contributed by atoms with Gasteiger partial charge in [0.05, 0.1) is 11.8 Å². The topological polar surface area (TPSA) is 92.8 Å². The van der Waals surface area contributed by atoms with Crippen LogP contribution in [0, 0.1) is 0 Å². The van der Waals surface area contributed by atoms with Crippen LogP contribution < -0.4 is 9.62 Å². The van der Waals surface area contributed by atoms with Gasteiger partial charge in [0.2, 0.25) is 10.0 Å². The van der Waals surface area contributed by atoms with Crippen molar-refractivity contribution >= 4 is 33.3 Å². The van der Waals surface area contributed by atoms with Gasteiger partial charge in [-0.15, -0.1) is 0 Å². The number of nitrogens with zero attached hydrogens (tertiary/aromatic N) is 1. The average molecular weight is 388 g/mol. The molecule has 0 fully saturated rings. The van der Waals surface area contributed by atoms with Crippen molar-refractivity contribution in [3.05, 3.63) is 59.7 Å². The van der Waals surface area contributed by atoms with Crippen molar-refractivity contribution in [2.45, 2.75) is 19.4 Å². The van der Waals surface area contributed by atoms with Crippen LogP contribution >= 0.6 is 0 Å². The van der Waals surface area contributed by atoms with Gasteiger partial charge in [0.1, 0.15) is 0 Å². The maximum Gasteiger partial charge on any atom is 0.338 e. The van der Waals surface area contributed by atoms with Crippen LogP contribution in [0.5, 0.6) is 0 Å². The SMILES string of the molecule is C[C@H](OC(=O)c1cccc(NS(C)(=O)=O)c1)C(=O)N1CCc2ccccc21. The number of amides is 1. The minimum absolute atomic E-state index is 0.158. The molecule has 2 aromatic rings. The predicted molar refractivity (Wildman–Crippen MR) is 102 cm³/mol. The molecule has 142 valence electrons. The van der Waals surface area contributed by atoms with E-state index in [0.29, 0.717) is 6.54 Å². The maximum absolute atomic E-state index is 12.7. The Labute approximate surface area is 158 Å². The largest absolute Gasteiger partial charge is 0.449 e. The summed E-state index contributed by atoms with van der Waals surface area (Å²) in [6.07, 6.45) is 0.823. The summed E-state index contributed by atoms with van der Waals surface area (Å²) in [6.45, 7) is 2.08. The third kappa shape index (κ3) is 4.46. The van der Waals surface area contributed by atoms with Crippen molar-refractivity contribution in [3.8, 4) is 0 Å². The zero-order chi connectivity index (χ0) is 19.6. The average Bonchev–Trinajstić information content (AvgIpc) is 3.03. The number of fused-ring (bicyclic) bond motifs is 1. The highest BCUT2D eigenvalue weighted by molar-refractivity contribution is 7.92. The fourth-order valence-electron chi connectivity index (χ4n) is 2.99. The minimum Gasteiger partial charge on any atom is -0.449 e. The van der Waals surface area contributed by atoms with Crippen molar-refractivity contribution < 1.29 is 22.7 Å². The fraction of sp³-hybridized carbons (Fsp3) is 0.263. The molecule has 1 heterocycles. The number of esters is 1. The molecule has 3 rings (SSSR count). The van der Waals surface area contributed by atoms with E-state index in [0.717, 1.165) is 23.9 Å². The van der Waals surface area contributed by atoms with E-state index in [1.165, 1.54) is 31.2 Å². The highest BCUT2D eigenvalue weighted by Gasteiger charge is 2.30. The molecule has 2 aromatic carbocycles. The summed E-state index contributed by atoms with van der Waals surface area (Å²) >= 11 is 0. The third-order valence-corrected chi connectivity index (χ3v) is 4.79. The van der Waals surface area contributed by atoms with Gasteiger partial charge in [-0.2, -0.15) is 0 Å². The van der Waals surface area contributed by atoms with Crippen LogP contribution in [-0.4, -0.2) is 39.2 Å². The van der Waals surface area contributed by atoms with Gasteiger partial charge in [0.25, 0.3) is 5.91 Å². The van der Waals surface area contributed by atoms with Gasteiger partial charge in [0, 0.05) is 17.9 Å². The molecule has 0 bridgehead atoms. The molecule has 0 saturated carbocycles. The summed E-state index contributed by atoms with van der Waals surface area (Å²) in [5, 5.41) is 0. The molecule has 0 radical (unpaired) electrons. The van der Waals surface area contributed by atoms with Crippen molar-refractivity contribution in [2.24, 2.45) is 0 Å². The first-order valence-electron chi connectivity index (χ1n) is 8.43. The smallest absolute Gasteiger partial charge is 0.338 e. The Hall–Kier alpha value is -2.87. The molecule has 8 heteroatoms. The van der Waals surface area contributed by atoms with Gasteiger partial charge >= 0.3 is 5.97 Å². The molecule has 1 atom stereocenters. The van der Waals surface area contributed by atoms with Crippen LogP contribution in [0.4, 0.5) is 11.4 Å². The van der Waals surface area contributed by atoms with Gasteiger partial charge < -0.3 is 9.64 Å². The Balaban J connectivity index is 1.69. The molecule has 1 aliphatic rings. The minimum atomic E-state index is -3.46. The Bertz CT molecular complexity index is 987. The molecule has 27 heavy (non-hydrogen) atoms. The lowest BCUT2D eigenvalue weighted by Crippen LogP contribution is -2.39. The number of hydrogen-bond acceptors (Lipinski definition) is 5. The number of carbonyl (C=O) groups excluding carboxylic acids is 2. The summed E-state index contributed by atoms with van der Waals surface area (Å²) in [4.78, 5) is 26.7. The lowest BCUT2D eigenvalue weighted by Gasteiger charge is -2.21. The van der Waals surface area contributed by atoms with Gasteiger partial charge in [-0.1, -0.05) is 24.3 Å². The summed E-state index contributed by atoms with van der Waals surface area (Å²) in [5.74, 6) is -0.987. The van der Waals surface area contributed by atoms with Crippen molar-refractivity contribution in [2.75, 3.05) is 22.4 Å². The third-order valence-electron chi connectivity index (χ3n) is 4.19. The van der Waals surface area contributed by atoms with E-state index in [1.807, 2.05) is 24.3 Å². The van der Waals surface area contributed by atoms with Gasteiger partial charge in [-0.25, -0.2) is 13.2 Å². The summed E-state index contributed by atoms with van der Waals surface area (Å²) in [7, 11) is -3.46. The lowest BCUT2D eigenvalue weighted by atomic mass is 10.2. The van der Waals surface area contributed by atoms with E-state index in [9.17, 15) is 18.0 Å². The zero-order valence-corrected chi connectivity index (χ0v) is 15.8. The molecule has 0 aromatic heterocycles. The van der Waals surface area contributed by atoms with E-state index in [1.54, 1.807) is 4.90 Å². The number of carbonyl (C=O) groups is 2. The van der Waals surface area contributed by atoms with Gasteiger partial charge in [-0.05, 0) is 43.2 Å². The summed E-state index contributed by atoms with van der Waals surface area (Å²) in [6, 6.07) is 13.6. The second kappa shape index (κ2) is 7.40. The molecule has 0 aliphatic carbocycles. The van der Waals surface area contributed by atoms with Crippen LogP contribution in [0.15, 0.2) is 48.5 Å². The fourth-order valence-corrected chi connectivity index (χ4v) is 3.54. The molecule has 0 saturated heterocycles. The van der Waals surface area contributed by atoms with Crippen molar-refractivity contribution in [1.82, 2.24) is 0 Å². The maximum atomic E-state index is 12.7. The van der Waals surface area contributed by atoms with E-state index in [4.69, 9.17) is 4.74 Å². The van der Waals surface area contributed by atoms with Gasteiger partial charge in [0.15, 0.2) is 6.10 Å². The van der Waals surface area contributed by atoms with Crippen LogP contribution in [-0.2, 0) is 26.0 Å². The number of benzene rings is 2. The molecule has 1 N–H and O–H groups in total. The highest BCUT2D eigenvalue weighted by atomic mass is 32.2. The Kier molecular flexibility index (Phi) is 5.18. The quantitative estimate of drug-likeness (QED) is 0.793. The lowest BCUT2D eigenvalue weighted by molar-refractivity contribution is -0.126. The highest BCUT2D eigenvalue weighted by Crippen LogP contribution is 2.28. The Morgan fingerprint density at radius 3 is 2.63 bits per heavy atom. The Morgan fingerprint density at radius 2 is 1.89 bits per heavy atom. The van der Waals surface area contributed by atoms with Crippen molar-refractivity contribution in [1.29, 1.82) is 0 Å². The molecular formula is C19H20N2O5S. The number of anilines is 2. The van der Waals surface area contributed by atoms with E-state index < -0.39 is 22.1 Å². The second-order valence-corrected chi connectivity index (χ2v) is 8.12. The first-order valence-corrected chi connectivity index (χ1v) is 10.3. The van der Waals surface area contributed by atoms with Crippen LogP contribution in [0.2, 0.25) is 0 Å². The van der Waals surface area contributed by atoms with E-state index in [-0.39, 0.29) is 17.2 Å². The number of para-hydroxylation sites is 1. The first kappa shape index (κ1) is 18.9. The zero-order valence-electron chi connectivity index (χ0n) is 15.0. The van der Waals surface area contributed by atoms with E-state index in [2.05, 4.69) is 4.72 Å². The van der Waals surface area contributed by atoms with Gasteiger partial charge in [-0.3, -0.25) is 9.52 Å². The molecular weight excluding hydrogens is 368 g/mol. The number of hydrogen-bond donors (Lipinski definition) is 1. The first-order chi connectivity index (χ1) is 12.7. The molecule has 7 nitrogen and oxygen atoms in total. The number of sulfonamides is 1. The molecule has 1 amide bonds. The van der Waals surface area contributed by atoms with E-state index >= 15 is 0 Å². The summed E-state index contributed by atoms with van der Waals surface area (Å²) in [5.41, 5.74) is 2.33. The summed E-state index contributed by atoms with van der Waals surface area (Å²) < 4.78 is 30.2. The monoisotopic (exact) mass is 388 g/mol. The second-order valence-electron chi connectivity index (χ2n) is 6.37. The number of ether oxygens (including phenoxy) is 1. The van der Waals surface area contributed by atoms with Crippen LogP contribution in [0.25, 0.3) is 0 Å². The van der Waals surface area contributed by atoms with Crippen molar-refractivity contribution in [3.63, 3.8) is 0 Å². The standard InChI is InChI=1S/C19H20N2O5S/c1-13(18(22)21-11-10-14-6-3-4-9-17(14)21)26-19(23)15-7-5-8-16(12-15)20-27(2,24)25/h3-9,12-13,20H,10-11H2,1-2H3/t13-/m0/s1.